The maximum absolute atomic E-state index is 12.2. The molecule has 112 valence electrons. The molecule has 0 aromatic carbocycles. The summed E-state index contributed by atoms with van der Waals surface area (Å²) in [7, 11) is -3.29. The molecule has 0 aromatic heterocycles. The second kappa shape index (κ2) is 6.52. The minimum atomic E-state index is -3.29. The SMILES string of the molecule is CC1CC(C)CN(S(=O)(=O)NCC[C@H]2CCCN2)C1. The molecule has 3 atom stereocenters. The van der Waals surface area contributed by atoms with Crippen LogP contribution in [0.25, 0.3) is 0 Å². The summed E-state index contributed by atoms with van der Waals surface area (Å²) in [6.45, 7) is 7.17. The van der Waals surface area contributed by atoms with Gasteiger partial charge in [-0.1, -0.05) is 13.8 Å². The van der Waals surface area contributed by atoms with Crippen LogP contribution in [0.15, 0.2) is 0 Å². The lowest BCUT2D eigenvalue weighted by molar-refractivity contribution is 0.220. The number of nitrogens with zero attached hydrogens (tertiary/aromatic N) is 1. The van der Waals surface area contributed by atoms with Crippen molar-refractivity contribution in [1.82, 2.24) is 14.3 Å². The van der Waals surface area contributed by atoms with Gasteiger partial charge in [0, 0.05) is 25.7 Å². The van der Waals surface area contributed by atoms with Crippen LogP contribution in [-0.2, 0) is 10.2 Å². The summed E-state index contributed by atoms with van der Waals surface area (Å²) in [6.07, 6.45) is 4.38. The van der Waals surface area contributed by atoms with Gasteiger partial charge in [0.2, 0.25) is 0 Å². The van der Waals surface area contributed by atoms with E-state index in [1.165, 1.54) is 12.8 Å². The molecule has 0 spiro atoms. The molecule has 19 heavy (non-hydrogen) atoms. The highest BCUT2D eigenvalue weighted by Gasteiger charge is 2.30. The van der Waals surface area contributed by atoms with Gasteiger partial charge in [-0.3, -0.25) is 0 Å². The van der Waals surface area contributed by atoms with E-state index in [0.717, 1.165) is 19.4 Å². The van der Waals surface area contributed by atoms with Gasteiger partial charge in [-0.05, 0) is 44.1 Å². The molecule has 2 fully saturated rings. The van der Waals surface area contributed by atoms with Crippen molar-refractivity contribution in [3.05, 3.63) is 0 Å². The molecule has 2 aliphatic rings. The van der Waals surface area contributed by atoms with Crippen LogP contribution < -0.4 is 10.0 Å². The molecule has 0 aromatic rings. The van der Waals surface area contributed by atoms with Gasteiger partial charge in [0.15, 0.2) is 0 Å². The molecule has 2 rings (SSSR count). The lowest BCUT2D eigenvalue weighted by Crippen LogP contribution is -2.48. The quantitative estimate of drug-likeness (QED) is 0.792. The summed E-state index contributed by atoms with van der Waals surface area (Å²) < 4.78 is 28.9. The van der Waals surface area contributed by atoms with Gasteiger partial charge in [-0.15, -0.1) is 0 Å². The zero-order chi connectivity index (χ0) is 13.9. The summed E-state index contributed by atoms with van der Waals surface area (Å²) >= 11 is 0. The Bertz CT molecular complexity index is 369. The van der Waals surface area contributed by atoms with Crippen LogP contribution in [0.5, 0.6) is 0 Å². The zero-order valence-electron chi connectivity index (χ0n) is 12.1. The van der Waals surface area contributed by atoms with Gasteiger partial charge in [0.05, 0.1) is 0 Å². The van der Waals surface area contributed by atoms with E-state index in [0.29, 0.717) is 37.5 Å². The Kier molecular flexibility index (Phi) is 5.22. The Labute approximate surface area is 117 Å². The van der Waals surface area contributed by atoms with Crippen LogP contribution in [0.3, 0.4) is 0 Å². The first kappa shape index (κ1) is 15.2. The highest BCUT2D eigenvalue weighted by Crippen LogP contribution is 2.22. The third-order valence-corrected chi connectivity index (χ3v) is 5.66. The van der Waals surface area contributed by atoms with Crippen molar-refractivity contribution in [2.45, 2.75) is 45.6 Å². The van der Waals surface area contributed by atoms with Gasteiger partial charge in [-0.25, -0.2) is 4.72 Å². The van der Waals surface area contributed by atoms with E-state index in [2.05, 4.69) is 23.9 Å². The van der Waals surface area contributed by atoms with Gasteiger partial charge >= 0.3 is 0 Å². The fraction of sp³-hybridized carbons (Fsp3) is 1.00. The molecular weight excluding hydrogens is 262 g/mol. The molecular formula is C13H27N3O2S. The first-order valence-electron chi connectivity index (χ1n) is 7.45. The van der Waals surface area contributed by atoms with E-state index in [1.807, 2.05) is 0 Å². The second-order valence-corrected chi connectivity index (χ2v) is 8.00. The average molecular weight is 289 g/mol. The predicted molar refractivity (Wildman–Crippen MR) is 77.1 cm³/mol. The van der Waals surface area contributed by atoms with E-state index in [1.54, 1.807) is 4.31 Å². The van der Waals surface area contributed by atoms with E-state index in [4.69, 9.17) is 0 Å². The minimum absolute atomic E-state index is 0.455. The molecule has 5 nitrogen and oxygen atoms in total. The molecule has 0 bridgehead atoms. The maximum atomic E-state index is 12.2. The Morgan fingerprint density at radius 1 is 1.26 bits per heavy atom. The fourth-order valence-corrected chi connectivity index (χ4v) is 4.72. The summed E-state index contributed by atoms with van der Waals surface area (Å²) in [5.41, 5.74) is 0. The van der Waals surface area contributed by atoms with Crippen molar-refractivity contribution in [1.29, 1.82) is 0 Å². The smallest absolute Gasteiger partial charge is 0.279 e. The zero-order valence-corrected chi connectivity index (χ0v) is 12.9. The van der Waals surface area contributed by atoms with Crippen molar-refractivity contribution in [2.24, 2.45) is 11.8 Å². The normalized spacial score (nSPS) is 33.7. The molecule has 2 N–H and O–H groups in total. The third-order valence-electron chi connectivity index (χ3n) is 4.11. The van der Waals surface area contributed by atoms with Crippen LogP contribution >= 0.6 is 0 Å². The van der Waals surface area contributed by atoms with Crippen LogP contribution in [0, 0.1) is 11.8 Å². The number of piperidine rings is 1. The molecule has 0 aliphatic carbocycles. The van der Waals surface area contributed by atoms with Crippen LogP contribution in [-0.4, -0.2) is 44.9 Å². The maximum Gasteiger partial charge on any atom is 0.279 e. The second-order valence-electron chi connectivity index (χ2n) is 6.24. The van der Waals surface area contributed by atoms with Gasteiger partial charge in [-0.2, -0.15) is 12.7 Å². The first-order chi connectivity index (χ1) is 8.97. The lowest BCUT2D eigenvalue weighted by atomic mass is 9.94. The Morgan fingerprint density at radius 2 is 1.95 bits per heavy atom. The summed E-state index contributed by atoms with van der Waals surface area (Å²) in [6, 6.07) is 0.488. The number of hydrogen-bond donors (Lipinski definition) is 2. The Morgan fingerprint density at radius 3 is 2.53 bits per heavy atom. The number of nitrogens with one attached hydrogen (secondary N) is 2. The van der Waals surface area contributed by atoms with Crippen LogP contribution in [0.2, 0.25) is 0 Å². The van der Waals surface area contributed by atoms with Crippen LogP contribution in [0.4, 0.5) is 0 Å². The Hall–Kier alpha value is -0.170. The van der Waals surface area contributed by atoms with Crippen molar-refractivity contribution in [3.8, 4) is 0 Å². The third kappa shape index (κ3) is 4.41. The fourth-order valence-electron chi connectivity index (χ4n) is 3.26. The van der Waals surface area contributed by atoms with E-state index in [-0.39, 0.29) is 0 Å². The highest BCUT2D eigenvalue weighted by molar-refractivity contribution is 7.87. The lowest BCUT2D eigenvalue weighted by Gasteiger charge is -2.34. The first-order valence-corrected chi connectivity index (χ1v) is 8.89. The van der Waals surface area contributed by atoms with Gasteiger partial charge in [0.1, 0.15) is 0 Å². The summed E-state index contributed by atoms with van der Waals surface area (Å²) in [4.78, 5) is 0. The van der Waals surface area contributed by atoms with Crippen LogP contribution in [0.1, 0.15) is 39.5 Å². The van der Waals surface area contributed by atoms with Crippen molar-refractivity contribution in [2.75, 3.05) is 26.2 Å². The largest absolute Gasteiger partial charge is 0.314 e. The standard InChI is InChI=1S/C13H27N3O2S/c1-11-8-12(2)10-16(9-11)19(17,18)15-7-5-13-4-3-6-14-13/h11-15H,3-10H2,1-2H3/t11?,12?,13-/m1/s1. The number of hydrogen-bond acceptors (Lipinski definition) is 3. The molecule has 6 heteroatoms. The summed E-state index contributed by atoms with van der Waals surface area (Å²) in [5, 5.41) is 3.39. The van der Waals surface area contributed by atoms with E-state index in [9.17, 15) is 8.42 Å². The van der Waals surface area contributed by atoms with E-state index >= 15 is 0 Å². The topological polar surface area (TPSA) is 61.4 Å². The number of rotatable bonds is 5. The van der Waals surface area contributed by atoms with Crippen molar-refractivity contribution >= 4 is 10.2 Å². The van der Waals surface area contributed by atoms with Crippen molar-refractivity contribution < 1.29 is 8.42 Å². The predicted octanol–water partition coefficient (Wildman–Crippen LogP) is 0.941. The molecule has 0 radical (unpaired) electrons. The van der Waals surface area contributed by atoms with E-state index < -0.39 is 10.2 Å². The monoisotopic (exact) mass is 289 g/mol. The Balaban J connectivity index is 1.80. The van der Waals surface area contributed by atoms with Gasteiger partial charge in [0.25, 0.3) is 10.2 Å². The molecule has 2 aliphatic heterocycles. The molecule has 2 heterocycles. The average Bonchev–Trinajstić information content (AvgIpc) is 2.80. The molecule has 0 saturated carbocycles. The molecule has 2 saturated heterocycles. The van der Waals surface area contributed by atoms with Gasteiger partial charge < -0.3 is 5.32 Å². The molecule has 0 amide bonds. The summed E-state index contributed by atoms with van der Waals surface area (Å²) in [5.74, 6) is 0.911. The molecule has 2 unspecified atom stereocenters. The highest BCUT2D eigenvalue weighted by atomic mass is 32.2. The van der Waals surface area contributed by atoms with Crippen molar-refractivity contribution in [3.63, 3.8) is 0 Å². The minimum Gasteiger partial charge on any atom is -0.314 e.